The van der Waals surface area contributed by atoms with E-state index in [1.54, 1.807) is 7.11 Å². The van der Waals surface area contributed by atoms with Gasteiger partial charge in [0.2, 0.25) is 0 Å². The minimum atomic E-state index is -0.437. The Labute approximate surface area is 402 Å². The SMILES string of the molecule is COc1ccc(Cc2c3/c(=C(\C#N)c4nc5ccccc5s4)n(B(c4ccccc4)c4ccccc4)c(-c4ccccc4C)c3/c(=C(\C#N)c3nc4ccccc4s3)n2[B]c2ccccc2)cc1. The lowest BCUT2D eigenvalue weighted by atomic mass is 9.50. The summed E-state index contributed by atoms with van der Waals surface area (Å²) in [6, 6.07) is 69.3. The zero-order chi connectivity index (χ0) is 46.1. The van der Waals surface area contributed by atoms with Crippen molar-refractivity contribution >= 4 is 95.7 Å². The van der Waals surface area contributed by atoms with E-state index in [1.165, 1.54) is 22.7 Å². The monoisotopic (exact) mass is 909 g/mol. The van der Waals surface area contributed by atoms with E-state index in [1.807, 2.05) is 78.9 Å². The second kappa shape index (κ2) is 18.2. The predicted molar refractivity (Wildman–Crippen MR) is 281 cm³/mol. The second-order valence-corrected chi connectivity index (χ2v) is 18.6. The Bertz CT molecular complexity index is 3780. The zero-order valence-electron chi connectivity index (χ0n) is 37.2. The predicted octanol–water partition coefficient (Wildman–Crippen LogP) is 9.13. The lowest BCUT2D eigenvalue weighted by Gasteiger charge is -2.23. The molecule has 0 bridgehead atoms. The highest BCUT2D eigenvalue weighted by atomic mass is 32.1. The minimum Gasteiger partial charge on any atom is -0.497 e. The highest BCUT2D eigenvalue weighted by molar-refractivity contribution is 7.20. The summed E-state index contributed by atoms with van der Waals surface area (Å²) in [7, 11) is 3.80. The van der Waals surface area contributed by atoms with Crippen molar-refractivity contribution in [2.24, 2.45) is 0 Å². The first kappa shape index (κ1) is 42.4. The molecule has 321 valence electrons. The number of methoxy groups -OCH3 is 1. The van der Waals surface area contributed by atoms with Crippen molar-refractivity contribution in [2.45, 2.75) is 13.3 Å². The van der Waals surface area contributed by atoms with Gasteiger partial charge in [-0.3, -0.25) is 0 Å². The Hall–Kier alpha value is -8.21. The summed E-state index contributed by atoms with van der Waals surface area (Å²) < 4.78 is 12.2. The first-order chi connectivity index (χ1) is 33.5. The van der Waals surface area contributed by atoms with Gasteiger partial charge in [-0.25, -0.2) is 9.97 Å². The number of hydrogen-bond acceptors (Lipinski definition) is 7. The summed E-state index contributed by atoms with van der Waals surface area (Å²) >= 11 is 3.02. The summed E-state index contributed by atoms with van der Waals surface area (Å²) in [6.07, 6.45) is 0.437. The average molecular weight is 910 g/mol. The molecule has 11 heteroatoms. The number of nitriles is 2. The van der Waals surface area contributed by atoms with Gasteiger partial charge in [0, 0.05) is 34.1 Å². The number of thiazole rings is 2. The molecule has 11 rings (SSSR count). The summed E-state index contributed by atoms with van der Waals surface area (Å²) in [4.78, 5) is 10.4. The van der Waals surface area contributed by atoms with Crippen LogP contribution in [0.5, 0.6) is 5.75 Å². The van der Waals surface area contributed by atoms with Gasteiger partial charge in [-0.2, -0.15) is 10.5 Å². The molecular weight excluding hydrogens is 870 g/mol. The normalized spacial score (nSPS) is 12.2. The van der Waals surface area contributed by atoms with Gasteiger partial charge < -0.3 is 13.7 Å². The molecule has 1 radical (unpaired) electrons. The van der Waals surface area contributed by atoms with Crippen molar-refractivity contribution < 1.29 is 4.74 Å². The molecule has 4 aromatic heterocycles. The van der Waals surface area contributed by atoms with E-state index < -0.39 is 6.85 Å². The highest BCUT2D eigenvalue weighted by Crippen LogP contribution is 2.36. The molecule has 4 heterocycles. The lowest BCUT2D eigenvalue weighted by molar-refractivity contribution is 0.414. The van der Waals surface area contributed by atoms with Crippen molar-refractivity contribution in [1.29, 1.82) is 10.5 Å². The molecule has 0 unspecified atom stereocenters. The van der Waals surface area contributed by atoms with Gasteiger partial charge in [0.15, 0.2) is 0 Å². The van der Waals surface area contributed by atoms with Gasteiger partial charge in [0.1, 0.15) is 39.0 Å². The summed E-state index contributed by atoms with van der Waals surface area (Å²) in [6.45, 7) is 1.70. The molecule has 0 aliphatic rings. The van der Waals surface area contributed by atoms with Crippen LogP contribution in [0.15, 0.2) is 188 Å². The third-order valence-electron chi connectivity index (χ3n) is 12.5. The fourth-order valence-electron chi connectivity index (χ4n) is 9.39. The number of fused-ring (bicyclic) bond motifs is 3. The van der Waals surface area contributed by atoms with Gasteiger partial charge in [0.05, 0.1) is 38.2 Å². The summed E-state index contributed by atoms with van der Waals surface area (Å²) in [5.74, 6) is 0.750. The van der Waals surface area contributed by atoms with E-state index in [0.29, 0.717) is 38.3 Å². The second-order valence-electron chi connectivity index (χ2n) is 16.5. The van der Waals surface area contributed by atoms with Crippen LogP contribution in [0.2, 0.25) is 0 Å². The zero-order valence-corrected chi connectivity index (χ0v) is 38.8. The van der Waals surface area contributed by atoms with Gasteiger partial charge in [0.25, 0.3) is 7.41 Å². The first-order valence-corrected chi connectivity index (χ1v) is 23.9. The molecule has 0 amide bonds. The van der Waals surface area contributed by atoms with E-state index in [2.05, 4.69) is 145 Å². The minimum absolute atomic E-state index is 0.428. The number of benzene rings is 7. The van der Waals surface area contributed by atoms with Crippen molar-refractivity contribution in [3.05, 3.63) is 226 Å². The fourth-order valence-corrected chi connectivity index (χ4v) is 11.3. The van der Waals surface area contributed by atoms with Crippen molar-refractivity contribution in [2.75, 3.05) is 7.11 Å². The standard InChI is InChI=1S/C57H39B2N6OS2/c1-37-18-12-13-25-43(37)54-52-51(55(45(36-61)57-63-47-27-15-17-29-50(47)68-57)65(54)59(40-21-8-4-9-22-40)41-23-10-5-11-24-41)48(34-38-30-32-42(66-2)33-31-38)64(58-39-19-6-3-7-20-39)53(52)44(35-60)56-62-46-26-14-16-28-49(46)67-56/h3-33H,34H2,1-2H3/b53-44-,55-45-. The highest BCUT2D eigenvalue weighted by Gasteiger charge is 2.35. The number of rotatable bonds is 11. The molecule has 0 aliphatic carbocycles. The van der Waals surface area contributed by atoms with E-state index in [-0.39, 0.29) is 0 Å². The lowest BCUT2D eigenvalue weighted by Crippen LogP contribution is -2.53. The van der Waals surface area contributed by atoms with Crippen LogP contribution in [0.4, 0.5) is 0 Å². The van der Waals surface area contributed by atoms with Crippen LogP contribution in [-0.2, 0) is 6.42 Å². The van der Waals surface area contributed by atoms with Crippen LogP contribution in [0, 0.1) is 29.6 Å². The van der Waals surface area contributed by atoms with Crippen molar-refractivity contribution in [1.82, 2.24) is 18.9 Å². The van der Waals surface area contributed by atoms with E-state index in [9.17, 15) is 10.5 Å². The van der Waals surface area contributed by atoms with Crippen molar-refractivity contribution in [3.8, 4) is 29.1 Å². The Morgan fingerprint density at radius 3 is 1.66 bits per heavy atom. The van der Waals surface area contributed by atoms with E-state index in [0.717, 1.165) is 81.4 Å². The maximum Gasteiger partial charge on any atom is 0.328 e. The van der Waals surface area contributed by atoms with Crippen LogP contribution in [-0.4, -0.2) is 40.3 Å². The largest absolute Gasteiger partial charge is 0.497 e. The molecule has 0 saturated carbocycles. The Balaban J connectivity index is 1.46. The van der Waals surface area contributed by atoms with Crippen LogP contribution >= 0.6 is 22.7 Å². The molecule has 0 atom stereocenters. The van der Waals surface area contributed by atoms with E-state index in [4.69, 9.17) is 14.7 Å². The summed E-state index contributed by atoms with van der Waals surface area (Å²) in [5, 5.41) is 28.0. The van der Waals surface area contributed by atoms with Gasteiger partial charge in [-0.15, -0.1) is 22.7 Å². The maximum absolute atomic E-state index is 11.9. The Kier molecular flexibility index (Phi) is 11.4. The summed E-state index contributed by atoms with van der Waals surface area (Å²) in [5.41, 5.74) is 10.3. The molecule has 0 N–H and O–H groups in total. The number of nitrogens with zero attached hydrogens (tertiary/aromatic N) is 6. The Morgan fingerprint density at radius 2 is 1.12 bits per heavy atom. The number of ether oxygens (including phenoxy) is 1. The molecular formula is C57H39B2N6OS2. The number of hydrogen-bond donors (Lipinski definition) is 0. The molecule has 0 aliphatic heterocycles. The third-order valence-corrected chi connectivity index (χ3v) is 14.6. The van der Waals surface area contributed by atoms with Gasteiger partial charge in [-0.1, -0.05) is 168 Å². The van der Waals surface area contributed by atoms with Gasteiger partial charge in [-0.05, 0) is 54.4 Å². The first-order valence-electron chi connectivity index (χ1n) is 22.3. The topological polar surface area (TPSA) is 92.4 Å². The van der Waals surface area contributed by atoms with E-state index >= 15 is 0 Å². The molecule has 11 aromatic rings. The number of aromatic nitrogens is 4. The average Bonchev–Trinajstić information content (AvgIpc) is 4.16. The van der Waals surface area contributed by atoms with Crippen LogP contribution in [0.1, 0.15) is 26.8 Å². The maximum atomic E-state index is 11.9. The van der Waals surface area contributed by atoms with Crippen LogP contribution < -0.4 is 31.8 Å². The number of para-hydroxylation sites is 2. The molecule has 7 aromatic carbocycles. The fraction of sp³-hybridized carbons (Fsp3) is 0.0526. The van der Waals surface area contributed by atoms with Crippen LogP contribution in [0.3, 0.4) is 0 Å². The smallest absolute Gasteiger partial charge is 0.328 e. The molecule has 0 saturated heterocycles. The molecule has 7 nitrogen and oxygen atoms in total. The molecule has 0 fully saturated rings. The van der Waals surface area contributed by atoms with Crippen LogP contribution in [0.25, 0.3) is 53.6 Å². The van der Waals surface area contributed by atoms with Crippen molar-refractivity contribution in [3.63, 3.8) is 0 Å². The number of aryl methyl sites for hydroxylation is 1. The van der Waals surface area contributed by atoms with Gasteiger partial charge >= 0.3 is 6.85 Å². The molecule has 0 spiro atoms. The third kappa shape index (κ3) is 7.58. The molecule has 68 heavy (non-hydrogen) atoms. The Morgan fingerprint density at radius 1 is 0.603 bits per heavy atom. The quantitative estimate of drug-likeness (QED) is 0.121.